The summed E-state index contributed by atoms with van der Waals surface area (Å²) in [6.45, 7) is 7.21. The zero-order chi connectivity index (χ0) is 16.3. The standard InChI is InChI=1S/C15H23N3O3S/c1-4-16-7-8-17-22(20,21)14-5-6-15-13(10-14)9-11(2)18(15)12(3)19/h5-6,10-11,16-17H,4,7-9H2,1-3H3. The zero-order valence-electron chi connectivity index (χ0n) is 13.2. The molecule has 1 aromatic rings. The van der Waals surface area contributed by atoms with Crippen molar-refractivity contribution in [3.63, 3.8) is 0 Å². The van der Waals surface area contributed by atoms with E-state index in [2.05, 4.69) is 10.0 Å². The van der Waals surface area contributed by atoms with E-state index in [1.165, 1.54) is 6.92 Å². The van der Waals surface area contributed by atoms with Crippen LogP contribution in [0.1, 0.15) is 26.3 Å². The first-order chi connectivity index (χ1) is 10.4. The van der Waals surface area contributed by atoms with Crippen molar-refractivity contribution in [2.24, 2.45) is 0 Å². The van der Waals surface area contributed by atoms with Gasteiger partial charge in [0.2, 0.25) is 15.9 Å². The summed E-state index contributed by atoms with van der Waals surface area (Å²) >= 11 is 0. The van der Waals surface area contributed by atoms with E-state index < -0.39 is 10.0 Å². The molecule has 122 valence electrons. The van der Waals surface area contributed by atoms with Crippen LogP contribution in [0.2, 0.25) is 0 Å². The van der Waals surface area contributed by atoms with Crippen molar-refractivity contribution in [3.8, 4) is 0 Å². The van der Waals surface area contributed by atoms with Gasteiger partial charge in [-0.25, -0.2) is 13.1 Å². The van der Waals surface area contributed by atoms with Crippen LogP contribution >= 0.6 is 0 Å². The van der Waals surface area contributed by atoms with Crippen molar-refractivity contribution in [1.29, 1.82) is 0 Å². The van der Waals surface area contributed by atoms with E-state index in [1.54, 1.807) is 23.1 Å². The Hall–Kier alpha value is -1.44. The lowest BCUT2D eigenvalue weighted by Gasteiger charge is -2.20. The highest BCUT2D eigenvalue weighted by atomic mass is 32.2. The first-order valence-corrected chi connectivity index (χ1v) is 8.98. The maximum absolute atomic E-state index is 12.3. The predicted octanol–water partition coefficient (Wildman–Crippen LogP) is 0.872. The fourth-order valence-electron chi connectivity index (χ4n) is 2.79. The molecule has 6 nitrogen and oxygen atoms in total. The van der Waals surface area contributed by atoms with Gasteiger partial charge in [-0.2, -0.15) is 0 Å². The number of benzene rings is 1. The van der Waals surface area contributed by atoms with Gasteiger partial charge in [-0.05, 0) is 43.7 Å². The van der Waals surface area contributed by atoms with E-state index in [4.69, 9.17) is 0 Å². The smallest absolute Gasteiger partial charge is 0.240 e. The lowest BCUT2D eigenvalue weighted by Crippen LogP contribution is -2.33. The second kappa shape index (κ2) is 6.76. The third-order valence-electron chi connectivity index (χ3n) is 3.76. The molecular weight excluding hydrogens is 302 g/mol. The molecule has 7 heteroatoms. The number of sulfonamides is 1. The Morgan fingerprint density at radius 2 is 2.09 bits per heavy atom. The summed E-state index contributed by atoms with van der Waals surface area (Å²) in [5.41, 5.74) is 1.71. The number of hydrogen-bond donors (Lipinski definition) is 2. The molecule has 1 unspecified atom stereocenters. The van der Waals surface area contributed by atoms with Crippen LogP contribution in [0, 0.1) is 0 Å². The van der Waals surface area contributed by atoms with Crippen LogP contribution in [-0.2, 0) is 21.2 Å². The van der Waals surface area contributed by atoms with Crippen LogP contribution in [0.25, 0.3) is 0 Å². The summed E-state index contributed by atoms with van der Waals surface area (Å²) in [6, 6.07) is 5.01. The molecule has 0 radical (unpaired) electrons. The summed E-state index contributed by atoms with van der Waals surface area (Å²) < 4.78 is 27.1. The average molecular weight is 325 g/mol. The monoisotopic (exact) mass is 325 g/mol. The van der Waals surface area contributed by atoms with Crippen LogP contribution in [0.5, 0.6) is 0 Å². The number of fused-ring (bicyclic) bond motifs is 1. The van der Waals surface area contributed by atoms with E-state index in [0.29, 0.717) is 19.5 Å². The van der Waals surface area contributed by atoms with Crippen LogP contribution in [-0.4, -0.2) is 40.0 Å². The van der Waals surface area contributed by atoms with Crippen LogP contribution in [0.3, 0.4) is 0 Å². The predicted molar refractivity (Wildman–Crippen MR) is 86.5 cm³/mol. The molecule has 1 aliphatic rings. The fourth-order valence-corrected chi connectivity index (χ4v) is 3.87. The number of amides is 1. The molecular formula is C15H23N3O3S. The Morgan fingerprint density at radius 1 is 1.36 bits per heavy atom. The quantitative estimate of drug-likeness (QED) is 0.761. The molecule has 0 fully saturated rings. The minimum absolute atomic E-state index is 0.0226. The van der Waals surface area contributed by atoms with Gasteiger partial charge in [0, 0.05) is 31.7 Å². The molecule has 1 heterocycles. The summed E-state index contributed by atoms with van der Waals surface area (Å²) in [5, 5.41) is 3.07. The van der Waals surface area contributed by atoms with Gasteiger partial charge in [-0.3, -0.25) is 4.79 Å². The molecule has 0 saturated heterocycles. The van der Waals surface area contributed by atoms with Crippen LogP contribution in [0.15, 0.2) is 23.1 Å². The maximum atomic E-state index is 12.3. The molecule has 0 saturated carbocycles. The number of carbonyl (C=O) groups is 1. The number of carbonyl (C=O) groups excluding carboxylic acids is 1. The summed E-state index contributed by atoms with van der Waals surface area (Å²) in [7, 11) is -3.51. The highest BCUT2D eigenvalue weighted by molar-refractivity contribution is 7.89. The summed E-state index contributed by atoms with van der Waals surface area (Å²) in [4.78, 5) is 13.7. The molecule has 0 spiro atoms. The SMILES string of the molecule is CCNCCNS(=O)(=O)c1ccc2c(c1)CC(C)N2C(C)=O. The first kappa shape index (κ1) is 16.9. The van der Waals surface area contributed by atoms with Crippen LogP contribution in [0.4, 0.5) is 5.69 Å². The Bertz CT molecular complexity index is 658. The maximum Gasteiger partial charge on any atom is 0.240 e. The summed E-state index contributed by atoms with van der Waals surface area (Å²) in [5.74, 6) is -0.0226. The Labute approximate surface area is 131 Å². The van der Waals surface area contributed by atoms with Crippen molar-refractivity contribution in [1.82, 2.24) is 10.0 Å². The van der Waals surface area contributed by atoms with Gasteiger partial charge in [0.25, 0.3) is 0 Å². The number of nitrogens with one attached hydrogen (secondary N) is 2. The second-order valence-electron chi connectivity index (χ2n) is 5.48. The van der Waals surface area contributed by atoms with Crippen molar-refractivity contribution >= 4 is 21.6 Å². The van der Waals surface area contributed by atoms with Gasteiger partial charge in [0.05, 0.1) is 4.90 Å². The molecule has 2 rings (SSSR count). The minimum Gasteiger partial charge on any atom is -0.316 e. The Morgan fingerprint density at radius 3 is 2.73 bits per heavy atom. The number of hydrogen-bond acceptors (Lipinski definition) is 4. The minimum atomic E-state index is -3.51. The van der Waals surface area contributed by atoms with Gasteiger partial charge in [-0.1, -0.05) is 6.92 Å². The summed E-state index contributed by atoms with van der Waals surface area (Å²) in [6.07, 6.45) is 0.676. The fraction of sp³-hybridized carbons (Fsp3) is 0.533. The van der Waals surface area contributed by atoms with Gasteiger partial charge in [-0.15, -0.1) is 0 Å². The van der Waals surface area contributed by atoms with Crippen molar-refractivity contribution in [3.05, 3.63) is 23.8 Å². The van der Waals surface area contributed by atoms with Crippen LogP contribution < -0.4 is 14.9 Å². The van der Waals surface area contributed by atoms with E-state index >= 15 is 0 Å². The normalized spacial score (nSPS) is 17.6. The number of anilines is 1. The van der Waals surface area contributed by atoms with Gasteiger partial charge in [0.15, 0.2) is 0 Å². The van der Waals surface area contributed by atoms with Crippen molar-refractivity contribution < 1.29 is 13.2 Å². The highest BCUT2D eigenvalue weighted by Crippen LogP contribution is 2.33. The molecule has 1 aliphatic heterocycles. The highest BCUT2D eigenvalue weighted by Gasteiger charge is 2.30. The largest absolute Gasteiger partial charge is 0.316 e. The Balaban J connectivity index is 2.19. The van der Waals surface area contributed by atoms with Gasteiger partial charge in [0.1, 0.15) is 0 Å². The third-order valence-corrected chi connectivity index (χ3v) is 5.22. The molecule has 0 aliphatic carbocycles. The van der Waals surface area contributed by atoms with E-state index in [0.717, 1.165) is 17.8 Å². The van der Waals surface area contributed by atoms with Crippen molar-refractivity contribution in [2.45, 2.75) is 38.1 Å². The molecule has 0 bridgehead atoms. The molecule has 1 aromatic carbocycles. The molecule has 22 heavy (non-hydrogen) atoms. The zero-order valence-corrected chi connectivity index (χ0v) is 14.0. The topological polar surface area (TPSA) is 78.5 Å². The van der Waals surface area contributed by atoms with Gasteiger partial charge >= 0.3 is 0 Å². The first-order valence-electron chi connectivity index (χ1n) is 7.50. The van der Waals surface area contributed by atoms with Gasteiger partial charge < -0.3 is 10.2 Å². The second-order valence-corrected chi connectivity index (χ2v) is 7.25. The lowest BCUT2D eigenvalue weighted by atomic mass is 10.1. The number of nitrogens with zero attached hydrogens (tertiary/aromatic N) is 1. The molecule has 1 amide bonds. The third kappa shape index (κ3) is 3.48. The van der Waals surface area contributed by atoms with E-state index in [-0.39, 0.29) is 16.8 Å². The number of likely N-dealkylation sites (N-methyl/N-ethyl adjacent to an activating group) is 1. The van der Waals surface area contributed by atoms with E-state index in [9.17, 15) is 13.2 Å². The Kier molecular flexibility index (Phi) is 5.20. The average Bonchev–Trinajstić information content (AvgIpc) is 2.78. The molecule has 1 atom stereocenters. The molecule has 2 N–H and O–H groups in total. The lowest BCUT2D eigenvalue weighted by molar-refractivity contribution is -0.116. The van der Waals surface area contributed by atoms with Crippen molar-refractivity contribution in [2.75, 3.05) is 24.5 Å². The number of rotatable bonds is 6. The molecule has 0 aromatic heterocycles. The van der Waals surface area contributed by atoms with E-state index in [1.807, 2.05) is 13.8 Å².